The summed E-state index contributed by atoms with van der Waals surface area (Å²) in [4.78, 5) is 36.9. The van der Waals surface area contributed by atoms with Crippen LogP contribution in [0.1, 0.15) is 129 Å². The molecule has 54 heavy (non-hydrogen) atoms. The number of aliphatic hydroxyl groups excluding tert-OH is 5. The standard InChI is InChI=1S/C40H67NO13/c1-3-4-5-6-7-8-9-10-11-12-13-19-24-32(53-34(44)25-20-15-18-23-30-21-16-14-17-22-30)35(45)31(41-40(49)52-28-51-29(2)43)27-50-39-38(48)37(47)36(46)33(26-42)54-39/h14,16-17,21-22,31-33,35-39,42,45-48H,3-13,15,18-20,23-28H2,1-2H3,(H,41,49)/t31-,32+,33+,35-,36-,37-,38+,39+/m0/s1. The van der Waals surface area contributed by atoms with Crippen molar-refractivity contribution in [3.05, 3.63) is 35.9 Å². The van der Waals surface area contributed by atoms with Gasteiger partial charge in [-0.15, -0.1) is 0 Å². The topological polar surface area (TPSA) is 211 Å². The highest BCUT2D eigenvalue weighted by Gasteiger charge is 2.45. The molecule has 1 aromatic rings. The van der Waals surface area contributed by atoms with Gasteiger partial charge in [0.15, 0.2) is 6.29 Å². The second kappa shape index (κ2) is 28.5. The summed E-state index contributed by atoms with van der Waals surface area (Å²) in [5, 5.41) is 54.5. The number of carbonyl (C=O) groups is 3. The summed E-state index contributed by atoms with van der Waals surface area (Å²) in [5.74, 6) is -1.18. The van der Waals surface area contributed by atoms with Crippen LogP contribution >= 0.6 is 0 Å². The van der Waals surface area contributed by atoms with Gasteiger partial charge in [0.2, 0.25) is 6.79 Å². The maximum atomic E-state index is 13.1. The summed E-state index contributed by atoms with van der Waals surface area (Å²) in [6, 6.07) is 8.77. The van der Waals surface area contributed by atoms with Gasteiger partial charge in [-0.05, 0) is 37.7 Å². The Morgan fingerprint density at radius 1 is 0.796 bits per heavy atom. The van der Waals surface area contributed by atoms with Gasteiger partial charge in [-0.1, -0.05) is 114 Å². The van der Waals surface area contributed by atoms with Gasteiger partial charge < -0.3 is 54.5 Å². The predicted molar refractivity (Wildman–Crippen MR) is 200 cm³/mol. The van der Waals surface area contributed by atoms with Crippen molar-refractivity contribution in [2.24, 2.45) is 0 Å². The van der Waals surface area contributed by atoms with Crippen molar-refractivity contribution in [1.82, 2.24) is 5.32 Å². The smallest absolute Gasteiger partial charge is 0.410 e. The first-order valence-electron chi connectivity index (χ1n) is 20.0. The van der Waals surface area contributed by atoms with Gasteiger partial charge in [0.05, 0.1) is 19.3 Å². The number of aryl methyl sites for hydroxylation is 1. The van der Waals surface area contributed by atoms with E-state index in [-0.39, 0.29) is 6.42 Å². The zero-order valence-electron chi connectivity index (χ0n) is 32.4. The van der Waals surface area contributed by atoms with Gasteiger partial charge in [0, 0.05) is 13.3 Å². The number of ether oxygens (including phenoxy) is 5. The number of amides is 1. The number of hydrogen-bond acceptors (Lipinski definition) is 13. The lowest BCUT2D eigenvalue weighted by molar-refractivity contribution is -0.303. The highest BCUT2D eigenvalue weighted by Crippen LogP contribution is 2.24. The molecule has 1 aromatic carbocycles. The Kier molecular flexibility index (Phi) is 25.0. The number of aliphatic hydroxyl groups is 5. The minimum absolute atomic E-state index is 0.139. The van der Waals surface area contributed by atoms with Crippen molar-refractivity contribution in [3.8, 4) is 0 Å². The Balaban J connectivity index is 2.05. The molecule has 0 radical (unpaired) electrons. The number of benzene rings is 1. The molecule has 14 nitrogen and oxygen atoms in total. The van der Waals surface area contributed by atoms with Gasteiger partial charge in [-0.3, -0.25) is 9.59 Å². The molecule has 0 saturated carbocycles. The summed E-state index contributed by atoms with van der Waals surface area (Å²) in [7, 11) is 0. The molecule has 1 saturated heterocycles. The molecule has 0 spiro atoms. The van der Waals surface area contributed by atoms with Crippen molar-refractivity contribution in [1.29, 1.82) is 0 Å². The molecule has 1 aliphatic heterocycles. The normalized spacial score (nSPS) is 21.5. The maximum Gasteiger partial charge on any atom is 0.410 e. The second-order valence-corrected chi connectivity index (χ2v) is 14.2. The van der Waals surface area contributed by atoms with Gasteiger partial charge in [-0.25, -0.2) is 4.79 Å². The fourth-order valence-electron chi connectivity index (χ4n) is 6.38. The Morgan fingerprint density at radius 2 is 1.41 bits per heavy atom. The van der Waals surface area contributed by atoms with Crippen molar-refractivity contribution in [3.63, 3.8) is 0 Å². The van der Waals surface area contributed by atoms with Crippen molar-refractivity contribution < 1.29 is 63.6 Å². The van der Waals surface area contributed by atoms with E-state index in [0.717, 1.165) is 51.9 Å². The van der Waals surface area contributed by atoms with Crippen LogP contribution in [0.15, 0.2) is 30.3 Å². The molecule has 2 rings (SSSR count). The molecule has 1 heterocycles. The Hall–Kier alpha value is -2.85. The van der Waals surface area contributed by atoms with E-state index >= 15 is 0 Å². The zero-order valence-corrected chi connectivity index (χ0v) is 32.4. The first kappa shape index (κ1) is 47.3. The number of carbonyl (C=O) groups excluding carboxylic acids is 3. The lowest BCUT2D eigenvalue weighted by Gasteiger charge is -2.40. The minimum Gasteiger partial charge on any atom is -0.460 e. The van der Waals surface area contributed by atoms with Gasteiger partial charge in [0.25, 0.3) is 0 Å². The largest absolute Gasteiger partial charge is 0.460 e. The quantitative estimate of drug-likeness (QED) is 0.0375. The zero-order chi connectivity index (χ0) is 39.6. The summed E-state index contributed by atoms with van der Waals surface area (Å²) in [6.45, 7) is 1.45. The number of alkyl carbamates (subject to hydrolysis) is 1. The third kappa shape index (κ3) is 19.7. The summed E-state index contributed by atoms with van der Waals surface area (Å²) in [5.41, 5.74) is 1.22. The van der Waals surface area contributed by atoms with E-state index in [1.165, 1.54) is 50.5 Å². The first-order valence-corrected chi connectivity index (χ1v) is 20.0. The Bertz CT molecular complexity index is 1140. The van der Waals surface area contributed by atoms with Crippen LogP contribution < -0.4 is 5.32 Å². The first-order chi connectivity index (χ1) is 26.1. The molecule has 0 aliphatic carbocycles. The van der Waals surface area contributed by atoms with E-state index in [2.05, 4.69) is 29.1 Å². The Labute approximate surface area is 320 Å². The van der Waals surface area contributed by atoms with Crippen LogP contribution in [0.5, 0.6) is 0 Å². The SMILES string of the molecule is CCCCCCCCCCCCCC[C@@H](OC(=O)CCCCCc1ccccc1)[C@@H](O)[C@H](CO[C@@H]1O[C@H](CO)[C@H](O)[C@H](O)[C@H]1O)NC(=O)OCOC(C)=O. The van der Waals surface area contributed by atoms with E-state index < -0.39 is 87.0 Å². The van der Waals surface area contributed by atoms with Gasteiger partial charge >= 0.3 is 18.0 Å². The van der Waals surface area contributed by atoms with Crippen LogP contribution in [0.25, 0.3) is 0 Å². The number of rotatable bonds is 29. The molecular formula is C40H67NO13. The van der Waals surface area contributed by atoms with E-state index in [9.17, 15) is 39.9 Å². The monoisotopic (exact) mass is 769 g/mol. The molecule has 0 bridgehead atoms. The molecule has 6 N–H and O–H groups in total. The average molecular weight is 770 g/mol. The average Bonchev–Trinajstić information content (AvgIpc) is 3.16. The molecule has 1 fully saturated rings. The maximum absolute atomic E-state index is 13.1. The summed E-state index contributed by atoms with van der Waals surface area (Å²) in [6.07, 6.45) is 5.65. The Morgan fingerprint density at radius 3 is 2.02 bits per heavy atom. The molecular weight excluding hydrogens is 702 g/mol. The second-order valence-electron chi connectivity index (χ2n) is 14.2. The molecule has 1 amide bonds. The third-order valence-corrected chi connectivity index (χ3v) is 9.65. The number of hydrogen-bond donors (Lipinski definition) is 6. The van der Waals surface area contributed by atoms with Gasteiger partial charge in [-0.2, -0.15) is 0 Å². The highest BCUT2D eigenvalue weighted by atomic mass is 16.7. The lowest BCUT2D eigenvalue weighted by Crippen LogP contribution is -2.60. The van der Waals surface area contributed by atoms with Crippen molar-refractivity contribution in [2.45, 2.75) is 178 Å². The number of nitrogens with one attached hydrogen (secondary N) is 1. The molecule has 0 aromatic heterocycles. The van der Waals surface area contributed by atoms with E-state index in [1.807, 2.05) is 18.2 Å². The number of esters is 2. The summed E-state index contributed by atoms with van der Waals surface area (Å²) >= 11 is 0. The lowest BCUT2D eigenvalue weighted by atomic mass is 9.98. The number of unbranched alkanes of at least 4 members (excludes halogenated alkanes) is 13. The van der Waals surface area contributed by atoms with Crippen LogP contribution in [0.4, 0.5) is 4.79 Å². The molecule has 14 heteroatoms. The fourth-order valence-corrected chi connectivity index (χ4v) is 6.38. The molecule has 0 unspecified atom stereocenters. The van der Waals surface area contributed by atoms with Gasteiger partial charge in [0.1, 0.15) is 36.6 Å². The fraction of sp³-hybridized carbons (Fsp3) is 0.775. The van der Waals surface area contributed by atoms with E-state index in [4.69, 9.17) is 18.9 Å². The van der Waals surface area contributed by atoms with Crippen LogP contribution in [-0.2, 0) is 39.7 Å². The van der Waals surface area contributed by atoms with Crippen LogP contribution in [0.3, 0.4) is 0 Å². The van der Waals surface area contributed by atoms with E-state index in [1.54, 1.807) is 0 Å². The molecule has 1 aliphatic rings. The highest BCUT2D eigenvalue weighted by molar-refractivity contribution is 5.70. The summed E-state index contributed by atoms with van der Waals surface area (Å²) < 4.78 is 26.5. The van der Waals surface area contributed by atoms with Crippen molar-refractivity contribution >= 4 is 18.0 Å². The van der Waals surface area contributed by atoms with Crippen molar-refractivity contribution in [2.75, 3.05) is 20.0 Å². The minimum atomic E-state index is -1.73. The third-order valence-electron chi connectivity index (χ3n) is 9.65. The predicted octanol–water partition coefficient (Wildman–Crippen LogP) is 4.59. The molecule has 310 valence electrons. The van der Waals surface area contributed by atoms with Crippen LogP contribution in [0, 0.1) is 0 Å². The van der Waals surface area contributed by atoms with E-state index in [0.29, 0.717) is 19.3 Å². The van der Waals surface area contributed by atoms with Crippen LogP contribution in [0.2, 0.25) is 0 Å². The van der Waals surface area contributed by atoms with Crippen LogP contribution in [-0.4, -0.2) is 113 Å². The molecule has 8 atom stereocenters.